The summed E-state index contributed by atoms with van der Waals surface area (Å²) in [7, 11) is 0.848. The summed E-state index contributed by atoms with van der Waals surface area (Å²) in [6, 6.07) is 8.19. The van der Waals surface area contributed by atoms with Crippen LogP contribution in [0.1, 0.15) is 10.9 Å². The van der Waals surface area contributed by atoms with E-state index in [1.54, 1.807) is 45.6 Å². The van der Waals surface area contributed by atoms with Gasteiger partial charge in [0, 0.05) is 30.0 Å². The summed E-state index contributed by atoms with van der Waals surface area (Å²) >= 11 is 1.53. The minimum Gasteiger partial charge on any atom is -0.496 e. The first kappa shape index (κ1) is 21.0. The van der Waals surface area contributed by atoms with Gasteiger partial charge in [0.2, 0.25) is 10.0 Å². The monoisotopic (exact) mass is 453 g/mol. The Labute approximate surface area is 180 Å². The molecule has 10 heteroatoms. The van der Waals surface area contributed by atoms with Gasteiger partial charge in [0.15, 0.2) is 23.0 Å². The summed E-state index contributed by atoms with van der Waals surface area (Å²) in [5.41, 5.74) is 0.707. The molecule has 1 saturated heterocycles. The molecule has 0 saturated carbocycles. The van der Waals surface area contributed by atoms with Crippen molar-refractivity contribution in [1.82, 2.24) is 4.31 Å². The molecule has 0 spiro atoms. The van der Waals surface area contributed by atoms with Crippen LogP contribution in [0.4, 0.5) is 0 Å². The second-order valence-corrected chi connectivity index (χ2v) is 9.67. The van der Waals surface area contributed by atoms with Crippen LogP contribution in [-0.2, 0) is 10.0 Å². The summed E-state index contributed by atoms with van der Waals surface area (Å²) in [4.78, 5) is 0.165. The number of fused-ring (bicyclic) bond motifs is 1. The molecule has 2 aromatic rings. The third-order valence-electron chi connectivity index (χ3n) is 4.97. The molecule has 2 aliphatic rings. The highest BCUT2D eigenvalue weighted by atomic mass is 32.2. The average Bonchev–Trinajstić information content (AvgIpc) is 3.28. The van der Waals surface area contributed by atoms with Crippen LogP contribution in [0.5, 0.6) is 28.7 Å². The molecule has 162 valence electrons. The van der Waals surface area contributed by atoms with Gasteiger partial charge in [0.1, 0.15) is 19.0 Å². The lowest BCUT2D eigenvalue weighted by atomic mass is 10.1. The predicted octanol–water partition coefficient (Wildman–Crippen LogP) is 2.92. The highest BCUT2D eigenvalue weighted by Gasteiger charge is 2.39. The van der Waals surface area contributed by atoms with Gasteiger partial charge in [-0.05, 0) is 18.2 Å². The number of methoxy groups -OCH3 is 3. The quantitative estimate of drug-likeness (QED) is 0.660. The van der Waals surface area contributed by atoms with Gasteiger partial charge < -0.3 is 23.7 Å². The van der Waals surface area contributed by atoms with Crippen LogP contribution >= 0.6 is 11.8 Å². The topological polar surface area (TPSA) is 83.5 Å². The van der Waals surface area contributed by atoms with Crippen LogP contribution in [0.2, 0.25) is 0 Å². The molecule has 1 atom stereocenters. The van der Waals surface area contributed by atoms with Gasteiger partial charge in [0.05, 0.1) is 31.6 Å². The van der Waals surface area contributed by atoms with E-state index in [1.807, 2.05) is 0 Å². The van der Waals surface area contributed by atoms with Crippen LogP contribution in [0.15, 0.2) is 35.2 Å². The lowest BCUT2D eigenvalue weighted by molar-refractivity contribution is 0.171. The first-order valence-electron chi connectivity index (χ1n) is 9.32. The molecule has 0 N–H and O–H groups in total. The fraction of sp³-hybridized carbons (Fsp3) is 0.400. The summed E-state index contributed by atoms with van der Waals surface area (Å²) in [5.74, 6) is 3.21. The van der Waals surface area contributed by atoms with Gasteiger partial charge in [-0.3, -0.25) is 0 Å². The van der Waals surface area contributed by atoms with Crippen molar-refractivity contribution in [3.8, 4) is 28.7 Å². The van der Waals surface area contributed by atoms with E-state index in [2.05, 4.69) is 0 Å². The van der Waals surface area contributed by atoms with Crippen molar-refractivity contribution in [3.05, 3.63) is 35.9 Å². The van der Waals surface area contributed by atoms with Gasteiger partial charge in [-0.1, -0.05) is 0 Å². The summed E-state index contributed by atoms with van der Waals surface area (Å²) in [5, 5.41) is -0.460. The van der Waals surface area contributed by atoms with E-state index in [0.29, 0.717) is 59.8 Å². The van der Waals surface area contributed by atoms with Gasteiger partial charge >= 0.3 is 0 Å². The molecule has 30 heavy (non-hydrogen) atoms. The van der Waals surface area contributed by atoms with Crippen molar-refractivity contribution in [2.75, 3.05) is 46.8 Å². The van der Waals surface area contributed by atoms with Gasteiger partial charge in [-0.25, -0.2) is 8.42 Å². The SMILES string of the molecule is COc1cc(OC)c(C2SCCN2S(=O)(=O)c2ccc3c(c2)OCCO3)cc1OC. The van der Waals surface area contributed by atoms with Crippen LogP contribution in [0.3, 0.4) is 0 Å². The zero-order valence-corrected chi connectivity index (χ0v) is 18.5. The first-order chi connectivity index (χ1) is 14.5. The largest absolute Gasteiger partial charge is 0.496 e. The molecule has 2 aliphatic heterocycles. The molecular formula is C20H23NO7S2. The zero-order valence-electron chi connectivity index (χ0n) is 16.9. The maximum atomic E-state index is 13.5. The maximum absolute atomic E-state index is 13.5. The molecule has 1 fully saturated rings. The lowest BCUT2D eigenvalue weighted by Gasteiger charge is -2.26. The number of rotatable bonds is 6. The van der Waals surface area contributed by atoms with Crippen LogP contribution < -0.4 is 23.7 Å². The molecule has 4 rings (SSSR count). The zero-order chi connectivity index (χ0) is 21.3. The van der Waals surface area contributed by atoms with Crippen molar-refractivity contribution in [1.29, 1.82) is 0 Å². The Morgan fingerprint density at radius 1 is 0.933 bits per heavy atom. The number of benzene rings is 2. The summed E-state index contributed by atoms with van der Waals surface area (Å²) in [6.07, 6.45) is 0. The van der Waals surface area contributed by atoms with Crippen LogP contribution in [0.25, 0.3) is 0 Å². The number of nitrogens with zero attached hydrogens (tertiary/aromatic N) is 1. The van der Waals surface area contributed by atoms with E-state index in [0.717, 1.165) is 0 Å². The van der Waals surface area contributed by atoms with E-state index in [9.17, 15) is 8.42 Å². The van der Waals surface area contributed by atoms with Crippen molar-refractivity contribution in [2.24, 2.45) is 0 Å². The average molecular weight is 454 g/mol. The molecule has 0 radical (unpaired) electrons. The van der Waals surface area contributed by atoms with Gasteiger partial charge in [-0.2, -0.15) is 4.31 Å². The van der Waals surface area contributed by atoms with Crippen LogP contribution in [0, 0.1) is 0 Å². The lowest BCUT2D eigenvalue weighted by Crippen LogP contribution is -2.31. The molecular weight excluding hydrogens is 430 g/mol. The normalized spacial score (nSPS) is 18.8. The van der Waals surface area contributed by atoms with Crippen molar-refractivity contribution >= 4 is 21.8 Å². The molecule has 8 nitrogen and oxygen atoms in total. The number of sulfonamides is 1. The minimum atomic E-state index is -3.78. The number of thioether (sulfide) groups is 1. The van der Waals surface area contributed by atoms with E-state index >= 15 is 0 Å². The van der Waals surface area contributed by atoms with Gasteiger partial charge in [0.25, 0.3) is 0 Å². The molecule has 0 aromatic heterocycles. The highest BCUT2D eigenvalue weighted by molar-refractivity contribution is 8.01. The molecule has 0 amide bonds. The van der Waals surface area contributed by atoms with E-state index in [-0.39, 0.29) is 4.90 Å². The Hall–Kier alpha value is -2.30. The third-order valence-corrected chi connectivity index (χ3v) is 8.21. The number of hydrogen-bond acceptors (Lipinski definition) is 8. The van der Waals surface area contributed by atoms with E-state index < -0.39 is 15.4 Å². The fourth-order valence-corrected chi connectivity index (χ4v) is 6.77. The highest BCUT2D eigenvalue weighted by Crippen LogP contribution is 2.48. The predicted molar refractivity (Wildman–Crippen MR) is 113 cm³/mol. The first-order valence-corrected chi connectivity index (χ1v) is 11.8. The van der Waals surface area contributed by atoms with Crippen molar-refractivity contribution in [3.63, 3.8) is 0 Å². The Morgan fingerprint density at radius 2 is 1.60 bits per heavy atom. The summed E-state index contributed by atoms with van der Waals surface area (Å²) in [6.45, 7) is 1.22. The van der Waals surface area contributed by atoms with Crippen molar-refractivity contribution < 1.29 is 32.1 Å². The Bertz CT molecular complexity index is 1040. The Kier molecular flexibility index (Phi) is 5.90. The molecule has 1 unspecified atom stereocenters. The fourth-order valence-electron chi connectivity index (χ4n) is 3.51. The second kappa shape index (κ2) is 8.44. The smallest absolute Gasteiger partial charge is 0.244 e. The minimum absolute atomic E-state index is 0.165. The summed E-state index contributed by atoms with van der Waals surface area (Å²) < 4.78 is 55.8. The molecule has 2 aromatic carbocycles. The molecule has 2 heterocycles. The third kappa shape index (κ3) is 3.63. The maximum Gasteiger partial charge on any atom is 0.244 e. The Balaban J connectivity index is 1.73. The van der Waals surface area contributed by atoms with Crippen molar-refractivity contribution in [2.45, 2.75) is 10.3 Å². The Morgan fingerprint density at radius 3 is 2.30 bits per heavy atom. The van der Waals surface area contributed by atoms with Crippen LogP contribution in [-0.4, -0.2) is 59.6 Å². The van der Waals surface area contributed by atoms with E-state index in [1.165, 1.54) is 22.1 Å². The second-order valence-electron chi connectivity index (χ2n) is 6.59. The number of ether oxygens (including phenoxy) is 5. The van der Waals surface area contributed by atoms with Gasteiger partial charge in [-0.15, -0.1) is 11.8 Å². The molecule has 0 aliphatic carbocycles. The number of hydrogen-bond donors (Lipinski definition) is 0. The standard InChI is InChI=1S/C20H23NO7S2/c1-24-16-12-18(26-3)17(25-2)11-14(16)20-21(6-9-29-20)30(22,23)13-4-5-15-19(10-13)28-8-7-27-15/h4-5,10-12,20H,6-9H2,1-3H3. The molecule has 0 bridgehead atoms. The van der Waals surface area contributed by atoms with E-state index in [4.69, 9.17) is 23.7 Å².